The lowest BCUT2D eigenvalue weighted by atomic mass is 9.95. The van der Waals surface area contributed by atoms with Gasteiger partial charge in [-0.3, -0.25) is 4.90 Å². The highest BCUT2D eigenvalue weighted by Crippen LogP contribution is 2.42. The smallest absolute Gasteiger partial charge is 0.319 e. The van der Waals surface area contributed by atoms with Gasteiger partial charge < -0.3 is 24.8 Å². The Labute approximate surface area is 234 Å². The molecule has 0 saturated carbocycles. The molecule has 2 aromatic carbocycles. The summed E-state index contributed by atoms with van der Waals surface area (Å²) >= 11 is 1.28. The van der Waals surface area contributed by atoms with E-state index in [9.17, 15) is 9.50 Å². The molecule has 2 bridgehead atoms. The first-order valence-electron chi connectivity index (χ1n) is 14.2. The van der Waals surface area contributed by atoms with Crippen molar-refractivity contribution < 1.29 is 19.0 Å². The van der Waals surface area contributed by atoms with E-state index in [0.29, 0.717) is 51.0 Å². The Kier molecular flexibility index (Phi) is 5.75. The van der Waals surface area contributed by atoms with Crippen molar-refractivity contribution in [3.05, 3.63) is 36.1 Å². The van der Waals surface area contributed by atoms with Crippen LogP contribution in [0.15, 0.2) is 30.3 Å². The number of aromatic nitrogens is 3. The minimum Gasteiger partial charge on any atom is -0.508 e. The number of piperazine rings is 1. The van der Waals surface area contributed by atoms with Gasteiger partial charge in [0.25, 0.3) is 5.19 Å². The van der Waals surface area contributed by atoms with Gasteiger partial charge in [-0.25, -0.2) is 4.39 Å². The number of thiazole rings is 1. The van der Waals surface area contributed by atoms with E-state index in [1.807, 2.05) is 0 Å². The first-order chi connectivity index (χ1) is 19.5. The first-order valence-corrected chi connectivity index (χ1v) is 15.0. The second-order valence-corrected chi connectivity index (χ2v) is 12.5. The molecule has 11 heteroatoms. The molecule has 2 atom stereocenters. The van der Waals surface area contributed by atoms with Crippen LogP contribution in [-0.2, 0) is 0 Å². The number of nitrogens with one attached hydrogen (secondary N) is 1. The fourth-order valence-corrected chi connectivity index (χ4v) is 8.02. The number of hydrogen-bond acceptors (Lipinski definition) is 10. The Morgan fingerprint density at radius 1 is 1.07 bits per heavy atom. The van der Waals surface area contributed by atoms with Gasteiger partial charge in [0, 0.05) is 31.2 Å². The van der Waals surface area contributed by atoms with Crippen molar-refractivity contribution in [2.45, 2.75) is 56.1 Å². The van der Waals surface area contributed by atoms with Crippen molar-refractivity contribution in [1.29, 1.82) is 0 Å². The normalized spacial score (nSPS) is 23.8. The van der Waals surface area contributed by atoms with Crippen LogP contribution in [0.2, 0.25) is 0 Å². The van der Waals surface area contributed by atoms with E-state index in [2.05, 4.69) is 15.1 Å². The van der Waals surface area contributed by atoms with E-state index in [4.69, 9.17) is 24.4 Å². The number of phenols is 1. The van der Waals surface area contributed by atoms with Crippen LogP contribution in [0.3, 0.4) is 0 Å². The number of anilines is 1. The number of halogens is 1. The lowest BCUT2D eigenvalue weighted by Crippen LogP contribution is -2.51. The first kappa shape index (κ1) is 24.5. The van der Waals surface area contributed by atoms with Crippen LogP contribution < -0.4 is 19.7 Å². The SMILES string of the molecule is Oc1cc(Oc2nc3c(N4C[C@H]5CC[C@@H](C4)N5)nc(OCC45CCCN4CCC5)nc3s2)c2c(F)cccc2c1. The van der Waals surface area contributed by atoms with Crippen LogP contribution in [0.25, 0.3) is 21.1 Å². The van der Waals surface area contributed by atoms with Crippen molar-refractivity contribution in [2.24, 2.45) is 0 Å². The fourth-order valence-electron chi connectivity index (χ4n) is 7.23. The largest absolute Gasteiger partial charge is 0.508 e. The van der Waals surface area contributed by atoms with Gasteiger partial charge >= 0.3 is 6.01 Å². The summed E-state index contributed by atoms with van der Waals surface area (Å²) in [4.78, 5) is 20.0. The Morgan fingerprint density at radius 3 is 2.67 bits per heavy atom. The standard InChI is InChI=1S/C29H31FN6O3S/c30-21-5-1-4-17-12-20(37)13-22(23(17)21)39-28-32-24-25(35-14-18-6-7-19(15-35)31-18)33-27(34-26(24)40-28)38-16-29-8-2-10-36(29)11-3-9-29/h1,4-5,12-13,18-19,31,37H,2-3,6-11,14-16H2/t18-,19+. The summed E-state index contributed by atoms with van der Waals surface area (Å²) in [5.74, 6) is 0.533. The molecule has 208 valence electrons. The van der Waals surface area contributed by atoms with E-state index in [1.165, 1.54) is 42.4 Å². The van der Waals surface area contributed by atoms with Gasteiger partial charge in [0.1, 0.15) is 29.4 Å². The summed E-state index contributed by atoms with van der Waals surface area (Å²) in [5.41, 5.74) is 0.745. The molecule has 4 saturated heterocycles. The van der Waals surface area contributed by atoms with Crippen LogP contribution in [0.4, 0.5) is 10.2 Å². The molecule has 4 aliphatic heterocycles. The van der Waals surface area contributed by atoms with Crippen molar-refractivity contribution in [1.82, 2.24) is 25.2 Å². The summed E-state index contributed by atoms with van der Waals surface area (Å²) < 4.78 is 27.3. The predicted octanol–water partition coefficient (Wildman–Crippen LogP) is 4.82. The average molecular weight is 563 g/mol. The van der Waals surface area contributed by atoms with Gasteiger partial charge in [0.05, 0.1) is 10.9 Å². The second kappa shape index (κ2) is 9.39. The molecule has 0 radical (unpaired) electrons. The highest BCUT2D eigenvalue weighted by Gasteiger charge is 2.45. The molecule has 4 fully saturated rings. The quantitative estimate of drug-likeness (QED) is 0.343. The van der Waals surface area contributed by atoms with E-state index in [1.54, 1.807) is 12.1 Å². The van der Waals surface area contributed by atoms with Gasteiger partial charge in [-0.1, -0.05) is 23.5 Å². The third kappa shape index (κ3) is 4.13. The monoisotopic (exact) mass is 562 g/mol. The molecule has 6 heterocycles. The van der Waals surface area contributed by atoms with Gasteiger partial charge in [-0.15, -0.1) is 0 Å². The van der Waals surface area contributed by atoms with Crippen LogP contribution in [0, 0.1) is 5.82 Å². The molecule has 0 aliphatic carbocycles. The Balaban J connectivity index is 1.17. The third-order valence-electron chi connectivity index (χ3n) is 9.07. The van der Waals surface area contributed by atoms with E-state index in [-0.39, 0.29) is 17.0 Å². The zero-order valence-electron chi connectivity index (χ0n) is 22.1. The molecular weight excluding hydrogens is 531 g/mol. The van der Waals surface area contributed by atoms with E-state index >= 15 is 0 Å². The van der Waals surface area contributed by atoms with E-state index < -0.39 is 5.82 Å². The lowest BCUT2D eigenvalue weighted by Gasteiger charge is -2.34. The van der Waals surface area contributed by atoms with E-state index in [0.717, 1.165) is 57.7 Å². The van der Waals surface area contributed by atoms with Crippen LogP contribution in [0.5, 0.6) is 22.7 Å². The Hall–Kier alpha value is -3.28. The van der Waals surface area contributed by atoms with Gasteiger partial charge in [0.2, 0.25) is 0 Å². The molecule has 4 aliphatic rings. The van der Waals surface area contributed by atoms with Crippen molar-refractivity contribution >= 4 is 38.3 Å². The highest BCUT2D eigenvalue weighted by atomic mass is 32.1. The molecular formula is C29H31FN6O3S. The topological polar surface area (TPSA) is 95.9 Å². The van der Waals surface area contributed by atoms with Crippen LogP contribution >= 0.6 is 11.3 Å². The number of benzene rings is 2. The molecule has 9 nitrogen and oxygen atoms in total. The third-order valence-corrected chi connectivity index (χ3v) is 9.90. The van der Waals surface area contributed by atoms with Crippen molar-refractivity contribution in [3.63, 3.8) is 0 Å². The molecule has 0 amide bonds. The van der Waals surface area contributed by atoms with Gasteiger partial charge in [0.15, 0.2) is 10.6 Å². The summed E-state index contributed by atoms with van der Waals surface area (Å²) in [6.07, 6.45) is 7.01. The van der Waals surface area contributed by atoms with Crippen LogP contribution in [-0.4, -0.2) is 75.4 Å². The number of aromatic hydroxyl groups is 1. The maximum absolute atomic E-state index is 14.8. The Bertz CT molecular complexity index is 1590. The number of rotatable bonds is 6. The zero-order chi connectivity index (χ0) is 26.8. The summed E-state index contributed by atoms with van der Waals surface area (Å²) in [5, 5.41) is 15.1. The minimum absolute atomic E-state index is 0.00563. The maximum atomic E-state index is 14.8. The predicted molar refractivity (Wildman–Crippen MR) is 151 cm³/mol. The minimum atomic E-state index is -0.423. The highest BCUT2D eigenvalue weighted by molar-refractivity contribution is 7.19. The maximum Gasteiger partial charge on any atom is 0.319 e. The molecule has 0 unspecified atom stereocenters. The second-order valence-electron chi connectivity index (χ2n) is 11.6. The lowest BCUT2D eigenvalue weighted by molar-refractivity contribution is 0.108. The molecule has 2 N–H and O–H groups in total. The van der Waals surface area contributed by atoms with Crippen LogP contribution in [0.1, 0.15) is 38.5 Å². The van der Waals surface area contributed by atoms with Gasteiger partial charge in [-0.05, 0) is 69.1 Å². The molecule has 0 spiro atoms. The summed E-state index contributed by atoms with van der Waals surface area (Å²) in [7, 11) is 0. The number of nitrogens with zero attached hydrogens (tertiary/aromatic N) is 5. The number of phenolic OH excluding ortho intramolecular Hbond substituents is 1. The number of hydrogen-bond donors (Lipinski definition) is 2. The number of ether oxygens (including phenoxy) is 2. The fraction of sp³-hybridized carbons (Fsp3) is 0.483. The van der Waals surface area contributed by atoms with Crippen molar-refractivity contribution in [2.75, 3.05) is 37.7 Å². The average Bonchev–Trinajstić information content (AvgIpc) is 3.69. The molecule has 4 aromatic rings. The van der Waals surface area contributed by atoms with Crippen molar-refractivity contribution in [3.8, 4) is 22.7 Å². The molecule has 2 aromatic heterocycles. The van der Waals surface area contributed by atoms with Gasteiger partial charge in [-0.2, -0.15) is 15.0 Å². The summed E-state index contributed by atoms with van der Waals surface area (Å²) in [6.45, 7) is 4.54. The zero-order valence-corrected chi connectivity index (χ0v) is 22.9. The molecule has 8 rings (SSSR count). The summed E-state index contributed by atoms with van der Waals surface area (Å²) in [6, 6.07) is 8.88. The molecule has 40 heavy (non-hydrogen) atoms. The number of fused-ring (bicyclic) bond motifs is 5. The Morgan fingerprint density at radius 2 is 1.88 bits per heavy atom.